The fourth-order valence-electron chi connectivity index (χ4n) is 1.62. The number of aryl methyl sites for hydroxylation is 1. The number of alkyl halides is 1. The predicted molar refractivity (Wildman–Crippen MR) is 70.8 cm³/mol. The van der Waals surface area contributed by atoms with Gasteiger partial charge in [0.25, 0.3) is 5.69 Å². The van der Waals surface area contributed by atoms with Crippen LogP contribution >= 0.6 is 15.9 Å². The van der Waals surface area contributed by atoms with Gasteiger partial charge in [-0.05, 0) is 31.0 Å². The molecule has 1 aromatic carbocycles. The van der Waals surface area contributed by atoms with Gasteiger partial charge in [-0.15, -0.1) is 0 Å². The van der Waals surface area contributed by atoms with E-state index >= 15 is 0 Å². The van der Waals surface area contributed by atoms with E-state index in [-0.39, 0.29) is 18.1 Å². The SMILES string of the molecule is CCOC(=O)Cc1cc(CBr)c([N+](=O)[O-])cc1C. The Morgan fingerprint density at radius 2 is 2.11 bits per heavy atom. The highest BCUT2D eigenvalue weighted by atomic mass is 79.9. The van der Waals surface area contributed by atoms with E-state index in [1.807, 2.05) is 0 Å². The van der Waals surface area contributed by atoms with Crippen LogP contribution in [0.15, 0.2) is 12.1 Å². The summed E-state index contributed by atoms with van der Waals surface area (Å²) in [6.45, 7) is 3.82. The van der Waals surface area contributed by atoms with Gasteiger partial charge in [-0.2, -0.15) is 0 Å². The average Bonchev–Trinajstić information content (AvgIpc) is 2.31. The molecule has 18 heavy (non-hydrogen) atoms. The summed E-state index contributed by atoms with van der Waals surface area (Å²) in [5.74, 6) is -0.324. The van der Waals surface area contributed by atoms with E-state index in [4.69, 9.17) is 4.74 Å². The van der Waals surface area contributed by atoms with Gasteiger partial charge >= 0.3 is 5.97 Å². The molecule has 5 nitrogen and oxygen atoms in total. The number of nitrogens with zero attached hydrogens (tertiary/aromatic N) is 1. The number of nitro benzene ring substituents is 1. The number of nitro groups is 1. The van der Waals surface area contributed by atoms with E-state index in [9.17, 15) is 14.9 Å². The van der Waals surface area contributed by atoms with Gasteiger partial charge in [0.2, 0.25) is 0 Å². The fourth-order valence-corrected chi connectivity index (χ4v) is 2.07. The number of esters is 1. The largest absolute Gasteiger partial charge is 0.466 e. The minimum absolute atomic E-state index is 0.0667. The summed E-state index contributed by atoms with van der Waals surface area (Å²) < 4.78 is 4.87. The molecule has 0 radical (unpaired) electrons. The molecule has 1 aromatic rings. The molecule has 0 aliphatic rings. The second-order valence-electron chi connectivity index (χ2n) is 3.78. The summed E-state index contributed by atoms with van der Waals surface area (Å²) in [6.07, 6.45) is 0.137. The Bertz CT molecular complexity index is 473. The van der Waals surface area contributed by atoms with Crippen molar-refractivity contribution in [3.05, 3.63) is 38.9 Å². The summed E-state index contributed by atoms with van der Waals surface area (Å²) in [5, 5.41) is 11.2. The monoisotopic (exact) mass is 315 g/mol. The Morgan fingerprint density at radius 1 is 1.44 bits per heavy atom. The molecule has 0 saturated heterocycles. The van der Waals surface area contributed by atoms with Crippen molar-refractivity contribution in [2.45, 2.75) is 25.6 Å². The normalized spacial score (nSPS) is 10.2. The first-order chi connectivity index (χ1) is 8.49. The molecule has 98 valence electrons. The second kappa shape index (κ2) is 6.49. The van der Waals surface area contributed by atoms with Crippen LogP contribution < -0.4 is 0 Å². The molecule has 0 heterocycles. The van der Waals surface area contributed by atoms with Gasteiger partial charge in [-0.1, -0.05) is 15.9 Å². The van der Waals surface area contributed by atoms with Crippen LogP contribution in [0.25, 0.3) is 0 Å². The lowest BCUT2D eigenvalue weighted by Crippen LogP contribution is -2.09. The molecule has 0 aliphatic heterocycles. The minimum atomic E-state index is -0.419. The van der Waals surface area contributed by atoms with E-state index in [0.29, 0.717) is 17.5 Å². The van der Waals surface area contributed by atoms with Crippen LogP contribution in [0, 0.1) is 17.0 Å². The van der Waals surface area contributed by atoms with Crippen LogP contribution in [0.1, 0.15) is 23.6 Å². The van der Waals surface area contributed by atoms with Crippen molar-refractivity contribution < 1.29 is 14.5 Å². The zero-order chi connectivity index (χ0) is 13.7. The van der Waals surface area contributed by atoms with Gasteiger partial charge in [0.15, 0.2) is 0 Å². The molecule has 0 unspecified atom stereocenters. The van der Waals surface area contributed by atoms with Crippen molar-refractivity contribution in [2.75, 3.05) is 6.61 Å². The molecule has 6 heteroatoms. The van der Waals surface area contributed by atoms with Gasteiger partial charge in [-0.3, -0.25) is 14.9 Å². The van der Waals surface area contributed by atoms with Crippen LogP contribution in [0.4, 0.5) is 5.69 Å². The molecule has 0 spiro atoms. The maximum atomic E-state index is 11.4. The van der Waals surface area contributed by atoms with Crippen molar-refractivity contribution in [3.8, 4) is 0 Å². The lowest BCUT2D eigenvalue weighted by atomic mass is 10.0. The van der Waals surface area contributed by atoms with E-state index in [1.54, 1.807) is 19.9 Å². The smallest absolute Gasteiger partial charge is 0.310 e. The van der Waals surface area contributed by atoms with Crippen molar-refractivity contribution >= 4 is 27.6 Å². The zero-order valence-electron chi connectivity index (χ0n) is 10.2. The third-order valence-corrected chi connectivity index (χ3v) is 3.12. The first-order valence-electron chi connectivity index (χ1n) is 5.48. The number of ether oxygens (including phenoxy) is 1. The number of carbonyl (C=O) groups is 1. The number of benzene rings is 1. The van der Waals surface area contributed by atoms with Gasteiger partial charge in [0.1, 0.15) is 0 Å². The molecule has 0 N–H and O–H groups in total. The minimum Gasteiger partial charge on any atom is -0.466 e. The molecule has 0 aromatic heterocycles. The first-order valence-corrected chi connectivity index (χ1v) is 6.60. The summed E-state index contributed by atoms with van der Waals surface area (Å²) in [4.78, 5) is 21.9. The second-order valence-corrected chi connectivity index (χ2v) is 4.34. The van der Waals surface area contributed by atoms with Crippen LogP contribution in [-0.2, 0) is 21.3 Å². The van der Waals surface area contributed by atoms with Crippen molar-refractivity contribution in [3.63, 3.8) is 0 Å². The van der Waals surface area contributed by atoms with Crippen LogP contribution in [0.2, 0.25) is 0 Å². The standard InChI is InChI=1S/C12H14BrNO4/c1-3-18-12(15)6-9-5-10(7-13)11(14(16)17)4-8(9)2/h4-5H,3,6-7H2,1-2H3. The van der Waals surface area contributed by atoms with Gasteiger partial charge in [0.05, 0.1) is 18.0 Å². The predicted octanol–water partition coefficient (Wildman–Crippen LogP) is 2.90. The molecular formula is C12H14BrNO4. The molecule has 1 rings (SSSR count). The Kier molecular flexibility index (Phi) is 5.27. The topological polar surface area (TPSA) is 69.4 Å². The lowest BCUT2D eigenvalue weighted by molar-refractivity contribution is -0.385. The number of hydrogen-bond acceptors (Lipinski definition) is 4. The molecule has 0 fully saturated rings. The van der Waals surface area contributed by atoms with Gasteiger partial charge in [-0.25, -0.2) is 0 Å². The van der Waals surface area contributed by atoms with Crippen molar-refractivity contribution in [1.29, 1.82) is 0 Å². The highest BCUT2D eigenvalue weighted by molar-refractivity contribution is 9.08. The number of hydrogen-bond donors (Lipinski definition) is 0. The quantitative estimate of drug-likeness (QED) is 0.362. The maximum Gasteiger partial charge on any atom is 0.310 e. The van der Waals surface area contributed by atoms with Crippen LogP contribution in [0.5, 0.6) is 0 Å². The highest BCUT2D eigenvalue weighted by Gasteiger charge is 2.17. The van der Waals surface area contributed by atoms with Crippen LogP contribution in [0.3, 0.4) is 0 Å². The molecule has 0 bridgehead atoms. The highest BCUT2D eigenvalue weighted by Crippen LogP contribution is 2.25. The lowest BCUT2D eigenvalue weighted by Gasteiger charge is -2.08. The summed E-state index contributed by atoms with van der Waals surface area (Å²) in [5.41, 5.74) is 2.11. The Balaban J connectivity index is 3.07. The summed E-state index contributed by atoms with van der Waals surface area (Å²) in [6, 6.07) is 3.17. The summed E-state index contributed by atoms with van der Waals surface area (Å²) in [7, 11) is 0. The Hall–Kier alpha value is -1.43. The molecular weight excluding hydrogens is 302 g/mol. The number of rotatable bonds is 5. The van der Waals surface area contributed by atoms with Gasteiger partial charge < -0.3 is 4.74 Å². The first kappa shape index (κ1) is 14.6. The van der Waals surface area contributed by atoms with E-state index < -0.39 is 4.92 Å². The fraction of sp³-hybridized carbons (Fsp3) is 0.417. The molecule has 0 aliphatic carbocycles. The third-order valence-electron chi connectivity index (χ3n) is 2.52. The maximum absolute atomic E-state index is 11.4. The van der Waals surface area contributed by atoms with E-state index in [2.05, 4.69) is 15.9 Å². The van der Waals surface area contributed by atoms with Crippen molar-refractivity contribution in [2.24, 2.45) is 0 Å². The molecule has 0 amide bonds. The average molecular weight is 316 g/mol. The van der Waals surface area contributed by atoms with Crippen LogP contribution in [-0.4, -0.2) is 17.5 Å². The third kappa shape index (κ3) is 3.53. The summed E-state index contributed by atoms with van der Waals surface area (Å²) >= 11 is 3.21. The van der Waals surface area contributed by atoms with Crippen molar-refractivity contribution in [1.82, 2.24) is 0 Å². The van der Waals surface area contributed by atoms with E-state index in [0.717, 1.165) is 11.1 Å². The molecule has 0 saturated carbocycles. The molecule has 0 atom stereocenters. The van der Waals surface area contributed by atoms with Gasteiger partial charge in [0, 0.05) is 17.0 Å². The Labute approximate surface area is 113 Å². The van der Waals surface area contributed by atoms with E-state index in [1.165, 1.54) is 6.07 Å². The number of carbonyl (C=O) groups excluding carboxylic acids is 1. The zero-order valence-corrected chi connectivity index (χ0v) is 11.8. The number of halogens is 1. The Morgan fingerprint density at radius 3 is 2.61 bits per heavy atom.